The Morgan fingerprint density at radius 2 is 2.03 bits per heavy atom. The molecular weight excluding hydrogens is 474 g/mol. The molecule has 1 aliphatic carbocycles. The van der Waals surface area contributed by atoms with Crippen LogP contribution >= 0.6 is 11.3 Å². The van der Waals surface area contributed by atoms with Crippen molar-refractivity contribution in [3.63, 3.8) is 0 Å². The van der Waals surface area contributed by atoms with E-state index in [0.717, 1.165) is 65.0 Å². The van der Waals surface area contributed by atoms with E-state index in [0.29, 0.717) is 23.6 Å². The van der Waals surface area contributed by atoms with Gasteiger partial charge in [-0.2, -0.15) is 0 Å². The van der Waals surface area contributed by atoms with Gasteiger partial charge in [0.25, 0.3) is 10.0 Å². The molecule has 10 heteroatoms. The molecule has 2 heterocycles. The number of morpholine rings is 1. The molecule has 1 aromatic carbocycles. The molecule has 1 aromatic heterocycles. The summed E-state index contributed by atoms with van der Waals surface area (Å²) in [5.41, 5.74) is 1.16. The molecule has 2 fully saturated rings. The van der Waals surface area contributed by atoms with Gasteiger partial charge in [0.2, 0.25) is 0 Å². The molecule has 1 unspecified atom stereocenters. The van der Waals surface area contributed by atoms with Crippen molar-refractivity contribution in [3.8, 4) is 5.75 Å². The van der Waals surface area contributed by atoms with Crippen molar-refractivity contribution in [3.05, 3.63) is 34.8 Å². The summed E-state index contributed by atoms with van der Waals surface area (Å²) in [6.07, 6.45) is 5.69. The molecule has 2 N–H and O–H groups in total. The van der Waals surface area contributed by atoms with Crippen LogP contribution in [0.3, 0.4) is 0 Å². The van der Waals surface area contributed by atoms with Crippen molar-refractivity contribution in [2.45, 2.75) is 56.4 Å². The lowest BCUT2D eigenvalue weighted by molar-refractivity contribution is 0.0358. The van der Waals surface area contributed by atoms with Crippen LogP contribution in [0.1, 0.15) is 55.9 Å². The summed E-state index contributed by atoms with van der Waals surface area (Å²) in [7, 11) is -3.80. The van der Waals surface area contributed by atoms with Gasteiger partial charge in [0.05, 0.1) is 36.5 Å². The largest absolute Gasteiger partial charge is 0.494 e. The fourth-order valence-corrected chi connectivity index (χ4v) is 6.87. The second-order valence-corrected chi connectivity index (χ2v) is 11.6. The fourth-order valence-electron chi connectivity index (χ4n) is 4.65. The van der Waals surface area contributed by atoms with Crippen LogP contribution in [0.25, 0.3) is 0 Å². The SMILES string of the molecule is Cc1cc(OCCCN2CCOCC2)ccc1S(=O)(=O)Nc1nc(C(O)C2CCCCC2)cs1. The van der Waals surface area contributed by atoms with Crippen LogP contribution in [0.5, 0.6) is 5.75 Å². The molecule has 1 saturated carbocycles. The predicted octanol–water partition coefficient (Wildman–Crippen LogP) is 3.97. The Balaban J connectivity index is 1.31. The fraction of sp³-hybridized carbons (Fsp3) is 0.625. The van der Waals surface area contributed by atoms with E-state index in [2.05, 4.69) is 14.6 Å². The average Bonchev–Trinajstić information content (AvgIpc) is 3.30. The number of rotatable bonds is 10. The van der Waals surface area contributed by atoms with Gasteiger partial charge in [-0.25, -0.2) is 13.4 Å². The van der Waals surface area contributed by atoms with Crippen molar-refractivity contribution in [2.24, 2.45) is 5.92 Å². The Bertz CT molecular complexity index is 1030. The summed E-state index contributed by atoms with van der Waals surface area (Å²) in [6.45, 7) is 6.78. The number of nitrogens with zero attached hydrogens (tertiary/aromatic N) is 2. The van der Waals surface area contributed by atoms with Gasteiger partial charge in [-0.15, -0.1) is 11.3 Å². The first kappa shape index (κ1) is 25.4. The zero-order valence-electron chi connectivity index (χ0n) is 19.7. The average molecular weight is 510 g/mol. The highest BCUT2D eigenvalue weighted by atomic mass is 32.2. The van der Waals surface area contributed by atoms with Crippen molar-refractivity contribution >= 4 is 26.5 Å². The summed E-state index contributed by atoms with van der Waals surface area (Å²) >= 11 is 1.20. The first-order valence-corrected chi connectivity index (χ1v) is 14.5. The van der Waals surface area contributed by atoms with E-state index in [4.69, 9.17) is 9.47 Å². The number of sulfonamides is 1. The summed E-state index contributed by atoms with van der Waals surface area (Å²) in [5, 5.41) is 12.7. The third-order valence-electron chi connectivity index (χ3n) is 6.57. The first-order valence-electron chi connectivity index (χ1n) is 12.1. The topological polar surface area (TPSA) is 101 Å². The molecule has 1 aliphatic heterocycles. The summed E-state index contributed by atoms with van der Waals surface area (Å²) < 4.78 is 39.7. The zero-order chi connectivity index (χ0) is 24.0. The molecule has 2 aromatic rings. The molecule has 0 spiro atoms. The molecule has 4 rings (SSSR count). The van der Waals surface area contributed by atoms with Crippen molar-refractivity contribution < 1.29 is 23.0 Å². The normalized spacial score (nSPS) is 19.1. The van der Waals surface area contributed by atoms with Gasteiger partial charge in [0, 0.05) is 25.0 Å². The number of anilines is 1. The van der Waals surface area contributed by atoms with E-state index in [1.54, 1.807) is 30.5 Å². The Morgan fingerprint density at radius 3 is 2.76 bits per heavy atom. The van der Waals surface area contributed by atoms with Gasteiger partial charge in [-0.05, 0) is 55.9 Å². The lowest BCUT2D eigenvalue weighted by atomic mass is 9.84. The highest BCUT2D eigenvalue weighted by Gasteiger charge is 2.26. The minimum absolute atomic E-state index is 0.192. The quantitative estimate of drug-likeness (QED) is 0.468. The van der Waals surface area contributed by atoms with Gasteiger partial charge in [-0.1, -0.05) is 19.3 Å². The lowest BCUT2D eigenvalue weighted by Gasteiger charge is -2.26. The Kier molecular flexibility index (Phi) is 8.81. The molecule has 2 aliphatic rings. The van der Waals surface area contributed by atoms with Gasteiger partial charge >= 0.3 is 0 Å². The number of thiazole rings is 1. The first-order chi connectivity index (χ1) is 16.4. The van der Waals surface area contributed by atoms with Gasteiger partial charge in [0.15, 0.2) is 5.13 Å². The molecule has 1 atom stereocenters. The molecule has 34 heavy (non-hydrogen) atoms. The van der Waals surface area contributed by atoms with Crippen LogP contribution in [0.4, 0.5) is 5.13 Å². The molecule has 1 saturated heterocycles. The van der Waals surface area contributed by atoms with E-state index < -0.39 is 16.1 Å². The summed E-state index contributed by atoms with van der Waals surface area (Å²) in [4.78, 5) is 6.92. The molecule has 0 radical (unpaired) electrons. The second kappa shape index (κ2) is 11.8. The van der Waals surface area contributed by atoms with Gasteiger partial charge < -0.3 is 14.6 Å². The summed E-state index contributed by atoms with van der Waals surface area (Å²) in [6, 6.07) is 5.01. The molecule has 0 bridgehead atoms. The maximum absolute atomic E-state index is 13.0. The monoisotopic (exact) mass is 509 g/mol. The number of aryl methyl sites for hydroxylation is 1. The van der Waals surface area contributed by atoms with Crippen LogP contribution in [0.15, 0.2) is 28.5 Å². The van der Waals surface area contributed by atoms with Crippen molar-refractivity contribution in [1.82, 2.24) is 9.88 Å². The van der Waals surface area contributed by atoms with Crippen LogP contribution in [0.2, 0.25) is 0 Å². The number of ether oxygens (including phenoxy) is 2. The highest BCUT2D eigenvalue weighted by Crippen LogP contribution is 2.35. The van der Waals surface area contributed by atoms with Crippen LogP contribution < -0.4 is 9.46 Å². The third kappa shape index (κ3) is 6.69. The van der Waals surface area contributed by atoms with Gasteiger partial charge in [0.1, 0.15) is 5.75 Å². The Morgan fingerprint density at radius 1 is 1.26 bits per heavy atom. The molecule has 188 valence electrons. The minimum Gasteiger partial charge on any atom is -0.494 e. The Labute approximate surface area is 206 Å². The van der Waals surface area contributed by atoms with Crippen molar-refractivity contribution in [2.75, 3.05) is 44.2 Å². The second-order valence-electron chi connectivity index (χ2n) is 9.11. The maximum Gasteiger partial charge on any atom is 0.263 e. The standard InChI is InChI=1S/C24H35N3O5S2/c1-18-16-20(32-13-5-10-27-11-14-31-15-12-27)8-9-22(18)34(29,30)26-24-25-21(17-33-24)23(28)19-6-3-2-4-7-19/h8-9,16-17,19,23,28H,2-7,10-15H2,1H3,(H,25,26). The number of aliphatic hydroxyl groups is 1. The lowest BCUT2D eigenvalue weighted by Crippen LogP contribution is -2.37. The highest BCUT2D eigenvalue weighted by molar-refractivity contribution is 7.93. The van der Waals surface area contributed by atoms with Gasteiger partial charge in [-0.3, -0.25) is 9.62 Å². The smallest absolute Gasteiger partial charge is 0.263 e. The molecule has 0 amide bonds. The van der Waals surface area contributed by atoms with E-state index in [-0.39, 0.29) is 15.9 Å². The van der Waals surface area contributed by atoms with Crippen LogP contribution in [0, 0.1) is 12.8 Å². The number of aromatic nitrogens is 1. The molecule has 8 nitrogen and oxygen atoms in total. The predicted molar refractivity (Wildman–Crippen MR) is 133 cm³/mol. The maximum atomic E-state index is 13.0. The number of aliphatic hydroxyl groups excluding tert-OH is 1. The van der Waals surface area contributed by atoms with E-state index in [9.17, 15) is 13.5 Å². The van der Waals surface area contributed by atoms with E-state index in [1.165, 1.54) is 17.8 Å². The number of benzene rings is 1. The number of nitrogens with one attached hydrogen (secondary N) is 1. The Hall–Kier alpha value is -1.72. The van der Waals surface area contributed by atoms with Crippen LogP contribution in [-0.4, -0.2) is 62.9 Å². The van der Waals surface area contributed by atoms with E-state index in [1.807, 2.05) is 0 Å². The number of hydrogen-bond acceptors (Lipinski definition) is 8. The summed E-state index contributed by atoms with van der Waals surface area (Å²) in [5.74, 6) is 0.856. The van der Waals surface area contributed by atoms with E-state index >= 15 is 0 Å². The minimum atomic E-state index is -3.80. The number of hydrogen-bond donors (Lipinski definition) is 2. The third-order valence-corrected chi connectivity index (χ3v) is 8.97. The van der Waals surface area contributed by atoms with Crippen molar-refractivity contribution in [1.29, 1.82) is 0 Å². The van der Waals surface area contributed by atoms with Crippen LogP contribution in [-0.2, 0) is 14.8 Å². The zero-order valence-corrected chi connectivity index (χ0v) is 21.4. The molecular formula is C24H35N3O5S2.